The predicted octanol–water partition coefficient (Wildman–Crippen LogP) is 3.86. The highest BCUT2D eigenvalue weighted by Crippen LogP contribution is 2.13. The summed E-state index contributed by atoms with van der Waals surface area (Å²) in [5.41, 5.74) is 7.35. The molecule has 0 saturated carbocycles. The number of carbonyl (C=O) groups is 1. The van der Waals surface area contributed by atoms with Crippen molar-refractivity contribution in [2.45, 2.75) is 27.7 Å². The van der Waals surface area contributed by atoms with Crippen molar-refractivity contribution in [3.63, 3.8) is 0 Å². The summed E-state index contributed by atoms with van der Waals surface area (Å²) in [5.74, 6) is 0.509. The van der Waals surface area contributed by atoms with E-state index in [1.165, 1.54) is 11.1 Å². The molecule has 0 bridgehead atoms. The summed E-state index contributed by atoms with van der Waals surface area (Å²) in [6.07, 6.45) is 0. The average Bonchev–Trinajstić information content (AvgIpc) is 2.56. The van der Waals surface area contributed by atoms with Gasteiger partial charge in [-0.05, 0) is 74.7 Å². The summed E-state index contributed by atoms with van der Waals surface area (Å²) in [5, 5.41) is 4.19. The van der Waals surface area contributed by atoms with Gasteiger partial charge in [0.2, 0.25) is 0 Å². The van der Waals surface area contributed by atoms with Crippen molar-refractivity contribution in [1.29, 1.82) is 0 Å². The van der Waals surface area contributed by atoms with Crippen LogP contribution in [0, 0.1) is 13.8 Å². The molecular weight excluding hydrogens is 288 g/mol. The van der Waals surface area contributed by atoms with Crippen LogP contribution >= 0.6 is 0 Å². The Morgan fingerprint density at radius 3 is 2.30 bits per heavy atom. The molecule has 4 heteroatoms. The molecule has 0 aliphatic rings. The van der Waals surface area contributed by atoms with E-state index in [1.54, 1.807) is 24.3 Å². The maximum absolute atomic E-state index is 12.1. The first-order chi connectivity index (χ1) is 11.0. The molecule has 0 aliphatic heterocycles. The van der Waals surface area contributed by atoms with E-state index in [0.717, 1.165) is 17.0 Å². The van der Waals surface area contributed by atoms with Crippen molar-refractivity contribution in [3.05, 3.63) is 64.7 Å². The summed E-state index contributed by atoms with van der Waals surface area (Å²) >= 11 is 0. The highest BCUT2D eigenvalue weighted by Gasteiger charge is 2.06. The lowest BCUT2D eigenvalue weighted by Crippen LogP contribution is -2.19. The molecule has 0 spiro atoms. The monoisotopic (exact) mass is 310 g/mol. The number of hydrazone groups is 1. The molecule has 2 aromatic carbocycles. The molecule has 0 aliphatic carbocycles. The Morgan fingerprint density at radius 1 is 1.04 bits per heavy atom. The first-order valence-corrected chi connectivity index (χ1v) is 7.66. The largest absolute Gasteiger partial charge is 0.494 e. The van der Waals surface area contributed by atoms with Crippen LogP contribution in [0.2, 0.25) is 0 Å². The van der Waals surface area contributed by atoms with Crippen LogP contribution in [0.1, 0.15) is 40.9 Å². The normalized spacial score (nSPS) is 11.2. The second-order valence-corrected chi connectivity index (χ2v) is 5.39. The van der Waals surface area contributed by atoms with Crippen molar-refractivity contribution in [1.82, 2.24) is 5.43 Å². The number of rotatable bonds is 5. The lowest BCUT2D eigenvalue weighted by molar-refractivity contribution is 0.0955. The standard InChI is InChI=1S/C19H22N2O2/c1-5-23-18-10-8-16(9-11-18)19(22)21-20-15(4)17-7-6-13(2)14(3)12-17/h6-12H,5H2,1-4H3,(H,21,22)/b20-15+. The zero-order valence-electron chi connectivity index (χ0n) is 14.0. The smallest absolute Gasteiger partial charge is 0.271 e. The SMILES string of the molecule is CCOc1ccc(C(=O)N/N=C(\C)c2ccc(C)c(C)c2)cc1. The van der Waals surface area contributed by atoms with E-state index in [0.29, 0.717) is 12.2 Å². The molecule has 0 heterocycles. The molecule has 1 amide bonds. The van der Waals surface area contributed by atoms with Gasteiger partial charge in [-0.25, -0.2) is 5.43 Å². The van der Waals surface area contributed by atoms with Crippen LogP contribution in [-0.2, 0) is 0 Å². The third-order valence-corrected chi connectivity index (χ3v) is 3.68. The first kappa shape index (κ1) is 16.7. The van der Waals surface area contributed by atoms with Crippen LogP contribution in [-0.4, -0.2) is 18.2 Å². The fourth-order valence-corrected chi connectivity index (χ4v) is 2.10. The number of nitrogens with one attached hydrogen (secondary N) is 1. The van der Waals surface area contributed by atoms with Crippen LogP contribution in [0.5, 0.6) is 5.75 Å². The molecule has 120 valence electrons. The minimum absolute atomic E-state index is 0.240. The van der Waals surface area contributed by atoms with E-state index in [1.807, 2.05) is 19.9 Å². The summed E-state index contributed by atoms with van der Waals surface area (Å²) in [4.78, 5) is 12.1. The first-order valence-electron chi connectivity index (χ1n) is 7.66. The van der Waals surface area contributed by atoms with Gasteiger partial charge in [0.05, 0.1) is 12.3 Å². The van der Waals surface area contributed by atoms with Gasteiger partial charge in [0.15, 0.2) is 0 Å². The quantitative estimate of drug-likeness (QED) is 0.673. The Morgan fingerprint density at radius 2 is 1.70 bits per heavy atom. The van der Waals surface area contributed by atoms with Crippen molar-refractivity contribution >= 4 is 11.6 Å². The number of aryl methyl sites for hydroxylation is 2. The van der Waals surface area contributed by atoms with Gasteiger partial charge in [0, 0.05) is 5.56 Å². The molecule has 2 rings (SSSR count). The minimum Gasteiger partial charge on any atom is -0.494 e. The molecule has 2 aromatic rings. The van der Waals surface area contributed by atoms with Gasteiger partial charge < -0.3 is 4.74 Å². The van der Waals surface area contributed by atoms with E-state index in [4.69, 9.17) is 4.74 Å². The van der Waals surface area contributed by atoms with E-state index >= 15 is 0 Å². The molecule has 0 fully saturated rings. The molecule has 0 aromatic heterocycles. The molecular formula is C19H22N2O2. The average molecular weight is 310 g/mol. The van der Waals surface area contributed by atoms with Gasteiger partial charge in [-0.1, -0.05) is 12.1 Å². The van der Waals surface area contributed by atoms with Gasteiger partial charge in [-0.15, -0.1) is 0 Å². The van der Waals surface area contributed by atoms with Crippen molar-refractivity contribution in [2.24, 2.45) is 5.10 Å². The number of carbonyl (C=O) groups excluding carboxylic acids is 1. The second-order valence-electron chi connectivity index (χ2n) is 5.39. The third kappa shape index (κ3) is 4.42. The number of hydrogen-bond donors (Lipinski definition) is 1. The molecule has 0 unspecified atom stereocenters. The van der Waals surface area contributed by atoms with Crippen molar-refractivity contribution in [2.75, 3.05) is 6.61 Å². The highest BCUT2D eigenvalue weighted by atomic mass is 16.5. The van der Waals surface area contributed by atoms with Crippen LogP contribution in [0.3, 0.4) is 0 Å². The fourth-order valence-electron chi connectivity index (χ4n) is 2.10. The Bertz CT molecular complexity index is 719. The number of benzene rings is 2. The molecule has 23 heavy (non-hydrogen) atoms. The lowest BCUT2D eigenvalue weighted by atomic mass is 10.0. The van der Waals surface area contributed by atoms with Gasteiger partial charge in [0.1, 0.15) is 5.75 Å². The zero-order chi connectivity index (χ0) is 16.8. The lowest BCUT2D eigenvalue weighted by Gasteiger charge is -2.06. The van der Waals surface area contributed by atoms with E-state index in [-0.39, 0.29) is 5.91 Å². The number of nitrogens with zero attached hydrogens (tertiary/aromatic N) is 1. The Hall–Kier alpha value is -2.62. The van der Waals surface area contributed by atoms with Crippen LogP contribution in [0.15, 0.2) is 47.6 Å². The van der Waals surface area contributed by atoms with E-state index in [2.05, 4.69) is 36.5 Å². The highest BCUT2D eigenvalue weighted by molar-refractivity contribution is 6.01. The third-order valence-electron chi connectivity index (χ3n) is 3.68. The summed E-state index contributed by atoms with van der Waals surface area (Å²) < 4.78 is 5.36. The Balaban J connectivity index is 2.05. The van der Waals surface area contributed by atoms with Crippen LogP contribution < -0.4 is 10.2 Å². The van der Waals surface area contributed by atoms with E-state index < -0.39 is 0 Å². The van der Waals surface area contributed by atoms with Crippen molar-refractivity contribution in [3.8, 4) is 5.75 Å². The Kier molecular flexibility index (Phi) is 5.52. The predicted molar refractivity (Wildman–Crippen MR) is 93.2 cm³/mol. The summed E-state index contributed by atoms with van der Waals surface area (Å²) in [6, 6.07) is 13.1. The number of hydrogen-bond acceptors (Lipinski definition) is 3. The number of ether oxygens (including phenoxy) is 1. The summed E-state index contributed by atoms with van der Waals surface area (Å²) in [7, 11) is 0. The topological polar surface area (TPSA) is 50.7 Å². The summed E-state index contributed by atoms with van der Waals surface area (Å²) in [6.45, 7) is 8.53. The molecule has 0 saturated heterocycles. The van der Waals surface area contributed by atoms with Gasteiger partial charge in [0.25, 0.3) is 5.91 Å². The van der Waals surface area contributed by atoms with Crippen molar-refractivity contribution < 1.29 is 9.53 Å². The molecule has 0 radical (unpaired) electrons. The molecule has 0 atom stereocenters. The maximum Gasteiger partial charge on any atom is 0.271 e. The zero-order valence-corrected chi connectivity index (χ0v) is 14.0. The second kappa shape index (κ2) is 7.58. The maximum atomic E-state index is 12.1. The van der Waals surface area contributed by atoms with Gasteiger partial charge >= 0.3 is 0 Å². The van der Waals surface area contributed by atoms with Gasteiger partial charge in [-0.2, -0.15) is 5.10 Å². The van der Waals surface area contributed by atoms with Crippen LogP contribution in [0.4, 0.5) is 0 Å². The van der Waals surface area contributed by atoms with Gasteiger partial charge in [-0.3, -0.25) is 4.79 Å². The molecule has 1 N–H and O–H groups in total. The Labute approximate surface area is 137 Å². The fraction of sp³-hybridized carbons (Fsp3) is 0.263. The molecule has 4 nitrogen and oxygen atoms in total. The number of amides is 1. The minimum atomic E-state index is -0.240. The van der Waals surface area contributed by atoms with Crippen LogP contribution in [0.25, 0.3) is 0 Å². The van der Waals surface area contributed by atoms with E-state index in [9.17, 15) is 4.79 Å².